The molecule has 1 aromatic heterocycles. The van der Waals surface area contributed by atoms with Gasteiger partial charge in [0.1, 0.15) is 6.61 Å². The topological polar surface area (TPSA) is 92.1 Å². The minimum absolute atomic E-state index is 0.129. The molecule has 0 spiro atoms. The molecule has 156 valence electrons. The van der Waals surface area contributed by atoms with Gasteiger partial charge in [-0.1, -0.05) is 6.07 Å². The average molecular weight is 399 g/mol. The molecular formula is C21H29N5O3. The first-order valence-corrected chi connectivity index (χ1v) is 9.73. The van der Waals surface area contributed by atoms with Crippen molar-refractivity contribution in [2.24, 2.45) is 5.10 Å². The van der Waals surface area contributed by atoms with Gasteiger partial charge in [-0.2, -0.15) is 10.1 Å². The molecule has 8 nitrogen and oxygen atoms in total. The van der Waals surface area contributed by atoms with E-state index in [9.17, 15) is 5.11 Å². The number of benzene rings is 1. The molecule has 0 aliphatic carbocycles. The number of rotatable bonds is 7. The molecule has 2 aromatic rings. The summed E-state index contributed by atoms with van der Waals surface area (Å²) >= 11 is 0. The van der Waals surface area contributed by atoms with Crippen molar-refractivity contribution in [3.8, 4) is 5.88 Å². The maximum Gasteiger partial charge on any atom is 0.229 e. The number of aryl methyl sites for hydroxylation is 2. The zero-order valence-corrected chi connectivity index (χ0v) is 17.5. The number of nitrogens with one attached hydrogen (secondary N) is 1. The van der Waals surface area contributed by atoms with Crippen molar-refractivity contribution in [1.29, 1.82) is 0 Å². The van der Waals surface area contributed by atoms with Crippen LogP contribution in [0.4, 0.5) is 11.6 Å². The predicted octanol–water partition coefficient (Wildman–Crippen LogP) is 2.53. The van der Waals surface area contributed by atoms with E-state index in [0.717, 1.165) is 5.69 Å². The lowest BCUT2D eigenvalue weighted by atomic mass is 10.1. The van der Waals surface area contributed by atoms with Gasteiger partial charge in [0.25, 0.3) is 0 Å². The van der Waals surface area contributed by atoms with Gasteiger partial charge in [-0.25, -0.2) is 4.98 Å². The largest absolute Gasteiger partial charge is 0.474 e. The zero-order chi connectivity index (χ0) is 20.9. The number of anilines is 2. The number of hydrogen-bond donors (Lipinski definition) is 2. The normalized spacial score (nSPS) is 15.0. The second kappa shape index (κ2) is 9.19. The highest BCUT2D eigenvalue weighted by Gasteiger charge is 2.18. The van der Waals surface area contributed by atoms with Crippen molar-refractivity contribution in [3.05, 3.63) is 41.1 Å². The number of hydrogen-bond acceptors (Lipinski definition) is 8. The Hall–Kier alpha value is -2.71. The lowest BCUT2D eigenvalue weighted by molar-refractivity contribution is 0.0268. The highest BCUT2D eigenvalue weighted by molar-refractivity contribution is 5.78. The van der Waals surface area contributed by atoms with Crippen LogP contribution in [0.25, 0.3) is 0 Å². The van der Waals surface area contributed by atoms with E-state index in [1.807, 2.05) is 12.1 Å². The second-order valence-corrected chi connectivity index (χ2v) is 7.80. The average Bonchev–Trinajstić information content (AvgIpc) is 2.69. The highest BCUT2D eigenvalue weighted by atomic mass is 16.5. The molecule has 0 radical (unpaired) electrons. The van der Waals surface area contributed by atoms with E-state index in [1.165, 1.54) is 11.1 Å². The lowest BCUT2D eigenvalue weighted by Crippen LogP contribution is -2.37. The molecule has 2 N–H and O–H groups in total. The van der Waals surface area contributed by atoms with Gasteiger partial charge >= 0.3 is 0 Å². The Bertz CT molecular complexity index is 858. The summed E-state index contributed by atoms with van der Waals surface area (Å²) in [5.41, 5.74) is 6.03. The van der Waals surface area contributed by atoms with E-state index in [4.69, 9.17) is 9.47 Å². The fourth-order valence-electron chi connectivity index (χ4n) is 2.71. The Balaban J connectivity index is 1.78. The molecule has 3 rings (SSSR count). The van der Waals surface area contributed by atoms with Crippen molar-refractivity contribution in [3.63, 3.8) is 0 Å². The van der Waals surface area contributed by atoms with Gasteiger partial charge in [-0.05, 0) is 51.0 Å². The second-order valence-electron chi connectivity index (χ2n) is 7.80. The van der Waals surface area contributed by atoms with Gasteiger partial charge in [0.05, 0.1) is 36.4 Å². The summed E-state index contributed by atoms with van der Waals surface area (Å²) in [6.45, 7) is 10.3. The Morgan fingerprint density at radius 1 is 1.21 bits per heavy atom. The molecule has 1 fully saturated rings. The number of morpholine rings is 1. The molecule has 2 heterocycles. The summed E-state index contributed by atoms with van der Waals surface area (Å²) in [4.78, 5) is 11.1. The van der Waals surface area contributed by atoms with Crippen LogP contribution in [0.5, 0.6) is 5.88 Å². The number of ether oxygens (including phenoxy) is 2. The summed E-state index contributed by atoms with van der Waals surface area (Å²) in [5.74, 6) is 0.963. The lowest BCUT2D eigenvalue weighted by Gasteiger charge is -2.27. The summed E-state index contributed by atoms with van der Waals surface area (Å²) in [6.07, 6.45) is 1.64. The first-order valence-electron chi connectivity index (χ1n) is 9.73. The Morgan fingerprint density at radius 2 is 1.97 bits per heavy atom. The summed E-state index contributed by atoms with van der Waals surface area (Å²) in [7, 11) is 0. The van der Waals surface area contributed by atoms with Crippen molar-refractivity contribution in [1.82, 2.24) is 9.97 Å². The third-order valence-corrected chi connectivity index (χ3v) is 4.48. The summed E-state index contributed by atoms with van der Waals surface area (Å²) in [6, 6.07) is 7.79. The molecular weight excluding hydrogens is 370 g/mol. The van der Waals surface area contributed by atoms with Gasteiger partial charge in [0.15, 0.2) is 0 Å². The molecule has 0 bridgehead atoms. The third-order valence-electron chi connectivity index (χ3n) is 4.48. The molecule has 0 atom stereocenters. The molecule has 1 aliphatic heterocycles. The van der Waals surface area contributed by atoms with Crippen LogP contribution in [0.2, 0.25) is 0 Å². The Morgan fingerprint density at radius 3 is 2.66 bits per heavy atom. The molecule has 29 heavy (non-hydrogen) atoms. The van der Waals surface area contributed by atoms with Crippen LogP contribution in [0.15, 0.2) is 29.4 Å². The van der Waals surface area contributed by atoms with Gasteiger partial charge in [0, 0.05) is 19.2 Å². The van der Waals surface area contributed by atoms with Crippen LogP contribution in [0.3, 0.4) is 0 Å². The third kappa shape index (κ3) is 6.40. The number of aromatic nitrogens is 2. The standard InChI is InChI=1S/C21H29N5O3/c1-15-5-6-17(11-16(15)2)25-22-13-18-12-19(29-14-21(3,4)27)24-20(23-18)26-7-9-28-10-8-26/h5-6,11-13,25,27H,7-10,14H2,1-4H3/b22-13+. The van der Waals surface area contributed by atoms with Gasteiger partial charge in [-0.15, -0.1) is 0 Å². The minimum Gasteiger partial charge on any atom is -0.474 e. The van der Waals surface area contributed by atoms with Crippen LogP contribution in [-0.2, 0) is 4.74 Å². The number of aliphatic hydroxyl groups is 1. The maximum atomic E-state index is 9.94. The van der Waals surface area contributed by atoms with E-state index >= 15 is 0 Å². The van der Waals surface area contributed by atoms with E-state index in [0.29, 0.717) is 43.8 Å². The van der Waals surface area contributed by atoms with Crippen LogP contribution in [0.1, 0.15) is 30.7 Å². The monoisotopic (exact) mass is 399 g/mol. The van der Waals surface area contributed by atoms with Crippen LogP contribution < -0.4 is 15.1 Å². The van der Waals surface area contributed by atoms with Crippen LogP contribution in [-0.4, -0.2) is 59.8 Å². The molecule has 0 amide bonds. The van der Waals surface area contributed by atoms with E-state index in [-0.39, 0.29) is 6.61 Å². The minimum atomic E-state index is -0.955. The molecule has 1 aliphatic rings. The van der Waals surface area contributed by atoms with Gasteiger partial charge in [0.2, 0.25) is 11.8 Å². The maximum absolute atomic E-state index is 9.94. The van der Waals surface area contributed by atoms with Gasteiger partial charge in [-0.3, -0.25) is 5.43 Å². The first kappa shape index (κ1) is 21.0. The van der Waals surface area contributed by atoms with Crippen molar-refractivity contribution in [2.75, 3.05) is 43.2 Å². The summed E-state index contributed by atoms with van der Waals surface area (Å²) in [5, 5.41) is 14.2. The van der Waals surface area contributed by atoms with Crippen molar-refractivity contribution in [2.45, 2.75) is 33.3 Å². The smallest absolute Gasteiger partial charge is 0.229 e. The van der Waals surface area contributed by atoms with Crippen molar-refractivity contribution < 1.29 is 14.6 Å². The fourth-order valence-corrected chi connectivity index (χ4v) is 2.71. The Labute approximate surface area is 171 Å². The predicted molar refractivity (Wildman–Crippen MR) is 114 cm³/mol. The van der Waals surface area contributed by atoms with Crippen LogP contribution >= 0.6 is 0 Å². The van der Waals surface area contributed by atoms with Crippen LogP contribution in [0, 0.1) is 13.8 Å². The number of hydrazone groups is 1. The van der Waals surface area contributed by atoms with Gasteiger partial charge < -0.3 is 19.5 Å². The quantitative estimate of drug-likeness (QED) is 0.546. The zero-order valence-electron chi connectivity index (χ0n) is 17.5. The highest BCUT2D eigenvalue weighted by Crippen LogP contribution is 2.18. The van der Waals surface area contributed by atoms with E-state index in [2.05, 4.69) is 45.3 Å². The molecule has 0 unspecified atom stereocenters. The van der Waals surface area contributed by atoms with E-state index in [1.54, 1.807) is 26.1 Å². The first-order chi connectivity index (χ1) is 13.8. The fraction of sp³-hybridized carbons (Fsp3) is 0.476. The Kier molecular flexibility index (Phi) is 6.66. The van der Waals surface area contributed by atoms with E-state index < -0.39 is 5.60 Å². The SMILES string of the molecule is Cc1ccc(N/N=C/c2cc(OCC(C)(C)O)nc(N3CCOCC3)n2)cc1C. The van der Waals surface area contributed by atoms with Crippen molar-refractivity contribution >= 4 is 17.9 Å². The molecule has 1 aromatic carbocycles. The molecule has 8 heteroatoms. The molecule has 0 saturated carbocycles. The number of nitrogens with zero attached hydrogens (tertiary/aromatic N) is 4. The summed E-state index contributed by atoms with van der Waals surface area (Å²) < 4.78 is 11.1. The molecule has 1 saturated heterocycles.